The molecule has 0 saturated carbocycles. The van der Waals surface area contributed by atoms with E-state index in [2.05, 4.69) is 10.6 Å². The molecule has 2 rings (SSSR count). The Hall–Kier alpha value is -2.47. The van der Waals surface area contributed by atoms with Gasteiger partial charge in [-0.15, -0.1) is 0 Å². The number of amides is 2. The highest BCUT2D eigenvalue weighted by molar-refractivity contribution is 7.86. The van der Waals surface area contributed by atoms with Crippen LogP contribution in [0.15, 0.2) is 58.3 Å². The highest BCUT2D eigenvalue weighted by atomic mass is 32.2. The van der Waals surface area contributed by atoms with E-state index in [1.54, 1.807) is 0 Å². The minimum Gasteiger partial charge on any atom is -0.308 e. The molecule has 0 aliphatic rings. The number of anilines is 2. The molecule has 2 amide bonds. The molecule has 4 N–H and O–H groups in total. The SMILES string of the molecule is O=C(Nc1ccc(S(=O)(=O)O)cc1)Nc1ccc(S(=O)(=O)O)cc1. The lowest BCUT2D eigenvalue weighted by atomic mass is 10.3. The number of nitrogens with one attached hydrogen (secondary N) is 2. The first-order valence-electron chi connectivity index (χ1n) is 6.29. The predicted molar refractivity (Wildman–Crippen MR) is 85.2 cm³/mol. The van der Waals surface area contributed by atoms with Crippen LogP contribution in [0.4, 0.5) is 16.2 Å². The zero-order chi connectivity index (χ0) is 18.0. The molecular formula is C13H12N2O7S2. The summed E-state index contributed by atoms with van der Waals surface area (Å²) in [5, 5.41) is 4.84. The van der Waals surface area contributed by atoms with Crippen LogP contribution in [0.3, 0.4) is 0 Å². The van der Waals surface area contributed by atoms with Crippen LogP contribution < -0.4 is 10.6 Å². The maximum absolute atomic E-state index is 11.8. The topological polar surface area (TPSA) is 150 Å². The van der Waals surface area contributed by atoms with Gasteiger partial charge in [0.15, 0.2) is 0 Å². The normalized spacial score (nSPS) is 11.8. The number of hydrogen-bond donors (Lipinski definition) is 4. The molecule has 0 radical (unpaired) electrons. The molecule has 11 heteroatoms. The third kappa shape index (κ3) is 4.76. The second-order valence-electron chi connectivity index (χ2n) is 4.58. The molecular weight excluding hydrogens is 360 g/mol. The van der Waals surface area contributed by atoms with Crippen molar-refractivity contribution in [1.29, 1.82) is 0 Å². The molecule has 24 heavy (non-hydrogen) atoms. The Morgan fingerprint density at radius 3 is 1.21 bits per heavy atom. The fraction of sp³-hybridized carbons (Fsp3) is 0. The molecule has 128 valence electrons. The summed E-state index contributed by atoms with van der Waals surface area (Å²) in [6.45, 7) is 0. The van der Waals surface area contributed by atoms with Gasteiger partial charge < -0.3 is 10.6 Å². The summed E-state index contributed by atoms with van der Waals surface area (Å²) in [6.07, 6.45) is 0. The van der Waals surface area contributed by atoms with Gasteiger partial charge in [-0.1, -0.05) is 0 Å². The molecule has 0 aromatic heterocycles. The quantitative estimate of drug-likeness (QED) is 0.598. The van der Waals surface area contributed by atoms with Crippen LogP contribution in [-0.2, 0) is 20.2 Å². The maximum Gasteiger partial charge on any atom is 0.323 e. The Kier molecular flexibility index (Phi) is 4.89. The zero-order valence-corrected chi connectivity index (χ0v) is 13.5. The monoisotopic (exact) mass is 372 g/mol. The summed E-state index contributed by atoms with van der Waals surface area (Å²) in [5.74, 6) is 0. The van der Waals surface area contributed by atoms with E-state index >= 15 is 0 Å². The minimum atomic E-state index is -4.31. The van der Waals surface area contributed by atoms with Crippen LogP contribution in [0.25, 0.3) is 0 Å². The summed E-state index contributed by atoms with van der Waals surface area (Å²) in [4.78, 5) is 11.2. The van der Waals surface area contributed by atoms with E-state index in [-0.39, 0.29) is 21.2 Å². The number of benzene rings is 2. The molecule has 9 nitrogen and oxygen atoms in total. The molecule has 0 heterocycles. The van der Waals surface area contributed by atoms with Gasteiger partial charge in [0.05, 0.1) is 9.79 Å². The van der Waals surface area contributed by atoms with Crippen molar-refractivity contribution in [3.05, 3.63) is 48.5 Å². The van der Waals surface area contributed by atoms with Crippen LogP contribution in [0.5, 0.6) is 0 Å². The first-order chi connectivity index (χ1) is 11.1. The van der Waals surface area contributed by atoms with Crippen molar-refractivity contribution in [3.63, 3.8) is 0 Å². The van der Waals surface area contributed by atoms with Gasteiger partial charge in [0.1, 0.15) is 0 Å². The number of rotatable bonds is 4. The van der Waals surface area contributed by atoms with E-state index in [1.807, 2.05) is 0 Å². The van der Waals surface area contributed by atoms with E-state index in [4.69, 9.17) is 9.11 Å². The Labute approximate surface area is 137 Å². The van der Waals surface area contributed by atoms with E-state index in [9.17, 15) is 21.6 Å². The number of carbonyl (C=O) groups is 1. The zero-order valence-electron chi connectivity index (χ0n) is 11.9. The first-order valence-corrected chi connectivity index (χ1v) is 9.17. The molecule has 2 aromatic rings. The van der Waals surface area contributed by atoms with Gasteiger partial charge in [-0.3, -0.25) is 9.11 Å². The predicted octanol–water partition coefficient (Wildman–Crippen LogP) is 1.82. The molecule has 0 aliphatic heterocycles. The second-order valence-corrected chi connectivity index (χ2v) is 7.42. The lowest BCUT2D eigenvalue weighted by molar-refractivity contribution is 0.262. The van der Waals surface area contributed by atoms with Crippen molar-refractivity contribution in [3.8, 4) is 0 Å². The molecule has 0 atom stereocenters. The van der Waals surface area contributed by atoms with Crippen LogP contribution in [0.1, 0.15) is 0 Å². The Balaban J connectivity index is 2.03. The molecule has 0 bridgehead atoms. The molecule has 0 fully saturated rings. The van der Waals surface area contributed by atoms with Gasteiger partial charge in [0.2, 0.25) is 0 Å². The molecule has 0 aliphatic carbocycles. The largest absolute Gasteiger partial charge is 0.323 e. The Morgan fingerprint density at radius 1 is 0.667 bits per heavy atom. The number of carbonyl (C=O) groups excluding carboxylic acids is 1. The smallest absolute Gasteiger partial charge is 0.308 e. The summed E-state index contributed by atoms with van der Waals surface area (Å²) < 4.78 is 61.3. The fourth-order valence-electron chi connectivity index (χ4n) is 1.71. The number of urea groups is 1. The van der Waals surface area contributed by atoms with Crippen molar-refractivity contribution in [1.82, 2.24) is 0 Å². The highest BCUT2D eigenvalue weighted by Crippen LogP contribution is 2.16. The van der Waals surface area contributed by atoms with E-state index in [0.29, 0.717) is 0 Å². The Bertz CT molecular complexity index is 871. The first kappa shape index (κ1) is 17.9. The average molecular weight is 372 g/mol. The van der Waals surface area contributed by atoms with Gasteiger partial charge in [0.25, 0.3) is 20.2 Å². The third-order valence-electron chi connectivity index (χ3n) is 2.82. The maximum atomic E-state index is 11.8. The van der Waals surface area contributed by atoms with Crippen molar-refractivity contribution < 1.29 is 30.7 Å². The van der Waals surface area contributed by atoms with Crippen LogP contribution in [0.2, 0.25) is 0 Å². The number of hydrogen-bond acceptors (Lipinski definition) is 5. The summed E-state index contributed by atoms with van der Waals surface area (Å²) in [6, 6.07) is 8.94. The van der Waals surface area contributed by atoms with Crippen LogP contribution in [-0.4, -0.2) is 32.0 Å². The van der Waals surface area contributed by atoms with Crippen LogP contribution >= 0.6 is 0 Å². The third-order valence-corrected chi connectivity index (χ3v) is 4.56. The summed E-state index contributed by atoms with van der Waals surface area (Å²) in [7, 11) is -8.62. The Morgan fingerprint density at radius 2 is 0.958 bits per heavy atom. The summed E-state index contributed by atoms with van der Waals surface area (Å²) in [5.41, 5.74) is 0.545. The molecule has 2 aromatic carbocycles. The van der Waals surface area contributed by atoms with E-state index < -0.39 is 26.3 Å². The van der Waals surface area contributed by atoms with Gasteiger partial charge in [-0.2, -0.15) is 16.8 Å². The fourth-order valence-corrected chi connectivity index (χ4v) is 2.67. The lowest BCUT2D eigenvalue weighted by Gasteiger charge is -2.08. The van der Waals surface area contributed by atoms with E-state index in [0.717, 1.165) is 24.3 Å². The summed E-state index contributed by atoms with van der Waals surface area (Å²) >= 11 is 0. The van der Waals surface area contributed by atoms with E-state index in [1.165, 1.54) is 24.3 Å². The van der Waals surface area contributed by atoms with Crippen molar-refractivity contribution in [2.24, 2.45) is 0 Å². The van der Waals surface area contributed by atoms with Gasteiger partial charge in [-0.25, -0.2) is 4.79 Å². The van der Waals surface area contributed by atoms with Gasteiger partial charge >= 0.3 is 6.03 Å². The lowest BCUT2D eigenvalue weighted by Crippen LogP contribution is -2.19. The van der Waals surface area contributed by atoms with Gasteiger partial charge in [-0.05, 0) is 48.5 Å². The highest BCUT2D eigenvalue weighted by Gasteiger charge is 2.11. The average Bonchev–Trinajstić information content (AvgIpc) is 2.46. The van der Waals surface area contributed by atoms with Crippen molar-refractivity contribution in [2.75, 3.05) is 10.6 Å². The standard InChI is InChI=1S/C13H12N2O7S2/c16-13(14-9-1-5-11(6-2-9)23(17,18)19)15-10-3-7-12(8-4-10)24(20,21)22/h1-8H,(H2,14,15,16)(H,17,18,19)(H,20,21,22). The van der Waals surface area contributed by atoms with Crippen LogP contribution in [0, 0.1) is 0 Å². The minimum absolute atomic E-state index is 0.273. The molecule has 0 spiro atoms. The van der Waals surface area contributed by atoms with Crippen molar-refractivity contribution >= 4 is 37.6 Å². The second kappa shape index (κ2) is 6.57. The van der Waals surface area contributed by atoms with Gasteiger partial charge in [0, 0.05) is 11.4 Å². The molecule has 0 unspecified atom stereocenters. The molecule has 0 saturated heterocycles. The van der Waals surface area contributed by atoms with Crippen molar-refractivity contribution in [2.45, 2.75) is 9.79 Å².